The predicted molar refractivity (Wildman–Crippen MR) is 117 cm³/mol. The fourth-order valence-corrected chi connectivity index (χ4v) is 3.37. The lowest BCUT2D eigenvalue weighted by atomic mass is 9.82. The van der Waals surface area contributed by atoms with Crippen LogP contribution in [-0.4, -0.2) is 30.4 Å². The molecule has 0 aliphatic carbocycles. The molecular formula is C25H28O4. The van der Waals surface area contributed by atoms with E-state index >= 15 is 0 Å². The van der Waals surface area contributed by atoms with E-state index in [1.54, 1.807) is 6.92 Å². The summed E-state index contributed by atoms with van der Waals surface area (Å²) in [6.07, 6.45) is -0.936. The topological polar surface area (TPSA) is 55.8 Å². The molecule has 29 heavy (non-hydrogen) atoms. The average Bonchev–Trinajstić information content (AvgIpc) is 2.67. The van der Waals surface area contributed by atoms with E-state index in [-0.39, 0.29) is 18.6 Å². The van der Waals surface area contributed by atoms with Crippen LogP contribution in [0, 0.1) is 0 Å². The van der Waals surface area contributed by atoms with Gasteiger partial charge in [0, 0.05) is 16.3 Å². The number of benzene rings is 3. The molecule has 1 atom stereocenters. The molecule has 4 nitrogen and oxygen atoms in total. The molecule has 0 spiro atoms. The number of rotatable bonds is 6. The Kier molecular flexibility index (Phi) is 5.94. The van der Waals surface area contributed by atoms with Gasteiger partial charge in [-0.15, -0.1) is 0 Å². The fraction of sp³-hybridized carbons (Fsp3) is 0.320. The van der Waals surface area contributed by atoms with Gasteiger partial charge in [-0.25, -0.2) is 4.79 Å². The Balaban J connectivity index is 2.00. The molecule has 1 unspecified atom stereocenters. The highest BCUT2D eigenvalue weighted by atomic mass is 16.5. The van der Waals surface area contributed by atoms with Crippen LogP contribution in [0.15, 0.2) is 60.7 Å². The van der Waals surface area contributed by atoms with E-state index in [2.05, 4.69) is 57.7 Å². The van der Waals surface area contributed by atoms with Crippen LogP contribution in [0.2, 0.25) is 0 Å². The van der Waals surface area contributed by atoms with Crippen molar-refractivity contribution in [1.82, 2.24) is 0 Å². The molecule has 0 aliphatic heterocycles. The number of aliphatic hydroxyl groups excluding tert-OH is 1. The van der Waals surface area contributed by atoms with E-state index in [9.17, 15) is 9.90 Å². The normalized spacial score (nSPS) is 12.7. The van der Waals surface area contributed by atoms with Gasteiger partial charge in [-0.1, -0.05) is 69.8 Å². The van der Waals surface area contributed by atoms with Crippen molar-refractivity contribution in [3.05, 3.63) is 66.2 Å². The second-order valence-corrected chi connectivity index (χ2v) is 8.42. The Morgan fingerprint density at radius 1 is 1.07 bits per heavy atom. The zero-order chi connectivity index (χ0) is 21.2. The molecule has 0 aromatic heterocycles. The van der Waals surface area contributed by atoms with Crippen LogP contribution in [0.25, 0.3) is 21.5 Å². The lowest BCUT2D eigenvalue weighted by Crippen LogP contribution is -2.25. The van der Waals surface area contributed by atoms with Gasteiger partial charge in [-0.2, -0.15) is 0 Å². The first-order chi connectivity index (χ1) is 13.7. The van der Waals surface area contributed by atoms with Crippen molar-refractivity contribution in [3.63, 3.8) is 0 Å². The molecule has 0 aliphatic rings. The molecule has 3 aromatic carbocycles. The Bertz CT molecular complexity index is 1060. The molecule has 0 heterocycles. The summed E-state index contributed by atoms with van der Waals surface area (Å²) in [5.74, 6) is 0.226. The van der Waals surface area contributed by atoms with Crippen LogP contribution in [0.1, 0.15) is 33.3 Å². The fourth-order valence-electron chi connectivity index (χ4n) is 3.37. The standard InChI is InChI=1S/C25H28O4/c1-16(2)24(27)29-15-19(26)14-28-23-20-11-7-6-9-17(20)13-18-10-8-12-21(22(18)23)25(3,4)5/h6-13,19,26H,1,14-15H2,2-5H3. The highest BCUT2D eigenvalue weighted by molar-refractivity contribution is 6.07. The maximum atomic E-state index is 11.6. The minimum absolute atomic E-state index is 0.0189. The first-order valence-electron chi connectivity index (χ1n) is 9.77. The van der Waals surface area contributed by atoms with Crippen molar-refractivity contribution >= 4 is 27.5 Å². The summed E-state index contributed by atoms with van der Waals surface area (Å²) in [5.41, 5.74) is 1.40. The van der Waals surface area contributed by atoms with Crippen LogP contribution in [-0.2, 0) is 14.9 Å². The number of carbonyl (C=O) groups excluding carboxylic acids is 1. The van der Waals surface area contributed by atoms with E-state index in [0.29, 0.717) is 5.57 Å². The van der Waals surface area contributed by atoms with Crippen LogP contribution in [0.3, 0.4) is 0 Å². The van der Waals surface area contributed by atoms with Gasteiger partial charge in [0.05, 0.1) is 0 Å². The Hall–Kier alpha value is -2.85. The zero-order valence-electron chi connectivity index (χ0n) is 17.5. The predicted octanol–water partition coefficient (Wildman–Crippen LogP) is 5.15. The van der Waals surface area contributed by atoms with E-state index < -0.39 is 12.1 Å². The Labute approximate surface area is 171 Å². The van der Waals surface area contributed by atoms with Gasteiger partial charge in [0.15, 0.2) is 0 Å². The van der Waals surface area contributed by atoms with Crippen molar-refractivity contribution in [2.45, 2.75) is 39.2 Å². The van der Waals surface area contributed by atoms with Crippen LogP contribution in [0.4, 0.5) is 0 Å². The largest absolute Gasteiger partial charge is 0.489 e. The minimum atomic E-state index is -0.936. The summed E-state index contributed by atoms with van der Waals surface area (Å²) >= 11 is 0. The van der Waals surface area contributed by atoms with Crippen molar-refractivity contribution in [1.29, 1.82) is 0 Å². The Morgan fingerprint density at radius 3 is 2.45 bits per heavy atom. The number of aliphatic hydroxyl groups is 1. The monoisotopic (exact) mass is 392 g/mol. The van der Waals surface area contributed by atoms with E-state index in [0.717, 1.165) is 27.3 Å². The molecule has 3 rings (SSSR count). The lowest BCUT2D eigenvalue weighted by Gasteiger charge is -2.24. The SMILES string of the molecule is C=C(C)C(=O)OCC(O)COc1c2ccccc2cc2cccc(C(C)(C)C)c12. The van der Waals surface area contributed by atoms with E-state index in [1.165, 1.54) is 5.56 Å². The lowest BCUT2D eigenvalue weighted by molar-refractivity contribution is -0.142. The molecule has 4 heteroatoms. The molecule has 0 saturated carbocycles. The van der Waals surface area contributed by atoms with Crippen molar-refractivity contribution in [3.8, 4) is 5.75 Å². The number of hydrogen-bond acceptors (Lipinski definition) is 4. The smallest absolute Gasteiger partial charge is 0.333 e. The van der Waals surface area contributed by atoms with Gasteiger partial charge in [0.2, 0.25) is 0 Å². The molecule has 0 amide bonds. The van der Waals surface area contributed by atoms with Gasteiger partial charge in [0.25, 0.3) is 0 Å². The van der Waals surface area contributed by atoms with Crippen LogP contribution < -0.4 is 4.74 Å². The van der Waals surface area contributed by atoms with E-state index in [1.807, 2.05) is 18.2 Å². The summed E-state index contributed by atoms with van der Waals surface area (Å²) < 4.78 is 11.2. The maximum absolute atomic E-state index is 11.6. The average molecular weight is 392 g/mol. The number of ether oxygens (including phenoxy) is 2. The van der Waals surface area contributed by atoms with Gasteiger partial charge in [-0.05, 0) is 34.7 Å². The van der Waals surface area contributed by atoms with Crippen LogP contribution >= 0.6 is 0 Å². The second kappa shape index (κ2) is 8.26. The Morgan fingerprint density at radius 2 is 1.76 bits per heavy atom. The molecule has 0 bridgehead atoms. The third-order valence-corrected chi connectivity index (χ3v) is 4.82. The number of hydrogen-bond donors (Lipinski definition) is 1. The van der Waals surface area contributed by atoms with Gasteiger partial charge in [0.1, 0.15) is 25.1 Å². The van der Waals surface area contributed by atoms with Gasteiger partial charge < -0.3 is 14.6 Å². The van der Waals surface area contributed by atoms with Gasteiger partial charge in [-0.3, -0.25) is 0 Å². The summed E-state index contributed by atoms with van der Waals surface area (Å²) in [7, 11) is 0. The molecule has 0 fully saturated rings. The van der Waals surface area contributed by atoms with Crippen molar-refractivity contribution in [2.24, 2.45) is 0 Å². The zero-order valence-corrected chi connectivity index (χ0v) is 17.5. The summed E-state index contributed by atoms with van der Waals surface area (Å²) in [5, 5.41) is 14.5. The molecule has 0 saturated heterocycles. The minimum Gasteiger partial charge on any atom is -0.489 e. The van der Waals surface area contributed by atoms with Crippen molar-refractivity contribution in [2.75, 3.05) is 13.2 Å². The number of fused-ring (bicyclic) bond motifs is 2. The molecule has 3 aromatic rings. The third kappa shape index (κ3) is 4.60. The molecule has 152 valence electrons. The van der Waals surface area contributed by atoms with Gasteiger partial charge >= 0.3 is 5.97 Å². The quantitative estimate of drug-likeness (QED) is 0.358. The molecule has 0 radical (unpaired) electrons. The second-order valence-electron chi connectivity index (χ2n) is 8.42. The number of esters is 1. The molecule has 1 N–H and O–H groups in total. The highest BCUT2D eigenvalue weighted by Crippen LogP contribution is 2.40. The maximum Gasteiger partial charge on any atom is 0.333 e. The summed E-state index contributed by atoms with van der Waals surface area (Å²) in [6.45, 7) is 11.5. The first-order valence-corrected chi connectivity index (χ1v) is 9.77. The first kappa shape index (κ1) is 20.9. The van der Waals surface area contributed by atoms with Crippen LogP contribution in [0.5, 0.6) is 5.75 Å². The summed E-state index contributed by atoms with van der Waals surface area (Å²) in [6, 6.07) is 16.5. The molecular weight excluding hydrogens is 364 g/mol. The highest BCUT2D eigenvalue weighted by Gasteiger charge is 2.21. The summed E-state index contributed by atoms with van der Waals surface area (Å²) in [4.78, 5) is 11.6. The van der Waals surface area contributed by atoms with Crippen molar-refractivity contribution < 1.29 is 19.4 Å². The van der Waals surface area contributed by atoms with E-state index in [4.69, 9.17) is 9.47 Å². The third-order valence-electron chi connectivity index (χ3n) is 4.82. The number of carbonyl (C=O) groups is 1.